The molecule has 0 aliphatic carbocycles. The van der Waals surface area contributed by atoms with E-state index in [9.17, 15) is 0 Å². The maximum atomic E-state index is 8.87. The van der Waals surface area contributed by atoms with Crippen LogP contribution in [0.25, 0.3) is 11.7 Å². The number of nitrogens with zero attached hydrogens (tertiary/aromatic N) is 5. The van der Waals surface area contributed by atoms with E-state index in [1.165, 1.54) is 10.9 Å². The van der Waals surface area contributed by atoms with Crippen molar-refractivity contribution in [3.8, 4) is 11.7 Å². The number of aliphatic hydroxyl groups is 1. The molecular weight excluding hydrogens is 238 g/mol. The first kappa shape index (κ1) is 10.7. The van der Waals surface area contributed by atoms with Gasteiger partial charge in [0.2, 0.25) is 5.89 Å². The van der Waals surface area contributed by atoms with Crippen molar-refractivity contribution < 1.29 is 13.9 Å². The fourth-order valence-electron chi connectivity index (χ4n) is 1.44. The molecule has 0 spiro atoms. The molecule has 0 atom stereocenters. The van der Waals surface area contributed by atoms with E-state index in [1.54, 1.807) is 18.3 Å². The lowest BCUT2D eigenvalue weighted by atomic mass is 10.4. The van der Waals surface area contributed by atoms with Gasteiger partial charge in [-0.2, -0.15) is 0 Å². The Morgan fingerprint density at radius 1 is 1.28 bits per heavy atom. The van der Waals surface area contributed by atoms with Gasteiger partial charge < -0.3 is 13.9 Å². The first-order chi connectivity index (χ1) is 8.85. The Morgan fingerprint density at radius 3 is 2.94 bits per heavy atom. The molecule has 8 heteroatoms. The van der Waals surface area contributed by atoms with Gasteiger partial charge in [0, 0.05) is 0 Å². The van der Waals surface area contributed by atoms with E-state index in [0.717, 1.165) is 0 Å². The number of aliphatic hydroxyl groups excluding tert-OH is 1. The molecule has 0 bridgehead atoms. The van der Waals surface area contributed by atoms with Gasteiger partial charge >= 0.3 is 0 Å². The number of furan rings is 1. The van der Waals surface area contributed by atoms with Gasteiger partial charge in [0.25, 0.3) is 5.89 Å². The van der Waals surface area contributed by atoms with Crippen LogP contribution in [0.4, 0.5) is 0 Å². The van der Waals surface area contributed by atoms with Crippen molar-refractivity contribution in [2.75, 3.05) is 0 Å². The fourth-order valence-corrected chi connectivity index (χ4v) is 1.44. The third kappa shape index (κ3) is 2.00. The molecule has 3 heterocycles. The number of rotatable bonds is 4. The van der Waals surface area contributed by atoms with Gasteiger partial charge in [-0.1, -0.05) is 5.21 Å². The highest BCUT2D eigenvalue weighted by atomic mass is 16.4. The molecule has 0 aliphatic rings. The molecule has 0 amide bonds. The van der Waals surface area contributed by atoms with E-state index < -0.39 is 0 Å². The van der Waals surface area contributed by atoms with E-state index in [-0.39, 0.29) is 6.61 Å². The van der Waals surface area contributed by atoms with Crippen LogP contribution in [0.15, 0.2) is 33.4 Å². The summed E-state index contributed by atoms with van der Waals surface area (Å²) < 4.78 is 12.1. The first-order valence-corrected chi connectivity index (χ1v) is 5.21. The first-order valence-electron chi connectivity index (χ1n) is 5.21. The highest BCUT2D eigenvalue weighted by Crippen LogP contribution is 2.17. The second kappa shape index (κ2) is 4.41. The average Bonchev–Trinajstić information content (AvgIpc) is 3.10. The Kier molecular flexibility index (Phi) is 2.61. The van der Waals surface area contributed by atoms with Gasteiger partial charge in [-0.15, -0.1) is 15.3 Å². The summed E-state index contributed by atoms with van der Waals surface area (Å²) in [6.07, 6.45) is 3.14. The Morgan fingerprint density at radius 2 is 2.22 bits per heavy atom. The van der Waals surface area contributed by atoms with Crippen molar-refractivity contribution in [1.29, 1.82) is 0 Å². The molecule has 8 nitrogen and oxygen atoms in total. The van der Waals surface area contributed by atoms with E-state index in [0.29, 0.717) is 29.8 Å². The summed E-state index contributed by atoms with van der Waals surface area (Å²) >= 11 is 0. The summed E-state index contributed by atoms with van der Waals surface area (Å²) in [4.78, 5) is 0. The van der Waals surface area contributed by atoms with Crippen LogP contribution in [0, 0.1) is 0 Å². The minimum absolute atomic E-state index is 0.151. The second-order valence-corrected chi connectivity index (χ2v) is 3.54. The van der Waals surface area contributed by atoms with Crippen molar-refractivity contribution in [1.82, 2.24) is 25.2 Å². The molecule has 3 aromatic heterocycles. The number of hydrogen-bond donors (Lipinski definition) is 1. The zero-order chi connectivity index (χ0) is 12.4. The molecule has 1 N–H and O–H groups in total. The normalized spacial score (nSPS) is 10.9. The van der Waals surface area contributed by atoms with Gasteiger partial charge in [-0.3, -0.25) is 0 Å². The lowest BCUT2D eigenvalue weighted by molar-refractivity contribution is 0.276. The summed E-state index contributed by atoms with van der Waals surface area (Å²) in [5.74, 6) is 1.22. The van der Waals surface area contributed by atoms with Crippen molar-refractivity contribution in [2.24, 2.45) is 0 Å². The van der Waals surface area contributed by atoms with Crippen LogP contribution >= 0.6 is 0 Å². The molecule has 92 valence electrons. The smallest absolute Gasteiger partial charge is 0.283 e. The van der Waals surface area contributed by atoms with E-state index >= 15 is 0 Å². The van der Waals surface area contributed by atoms with Gasteiger partial charge in [-0.25, -0.2) is 4.68 Å². The fraction of sp³-hybridized carbons (Fsp3) is 0.200. The van der Waals surface area contributed by atoms with Crippen LogP contribution in [0.1, 0.15) is 11.6 Å². The summed E-state index contributed by atoms with van der Waals surface area (Å²) in [6.45, 7) is 0.141. The van der Waals surface area contributed by atoms with Crippen molar-refractivity contribution in [2.45, 2.75) is 13.2 Å². The molecule has 0 fully saturated rings. The van der Waals surface area contributed by atoms with E-state index in [4.69, 9.17) is 13.9 Å². The van der Waals surface area contributed by atoms with Crippen LogP contribution in [0.2, 0.25) is 0 Å². The number of hydrogen-bond acceptors (Lipinski definition) is 7. The highest BCUT2D eigenvalue weighted by molar-refractivity contribution is 5.42. The molecule has 0 aliphatic heterocycles. The largest absolute Gasteiger partial charge is 0.459 e. The molecule has 3 rings (SSSR count). The summed E-state index contributed by atoms with van der Waals surface area (Å²) in [6, 6.07) is 3.47. The lowest BCUT2D eigenvalue weighted by Crippen LogP contribution is -2.00. The molecule has 0 saturated heterocycles. The topological polar surface area (TPSA) is 103 Å². The van der Waals surface area contributed by atoms with Crippen molar-refractivity contribution in [3.63, 3.8) is 0 Å². The third-order valence-electron chi connectivity index (χ3n) is 2.24. The highest BCUT2D eigenvalue weighted by Gasteiger charge is 2.11. The maximum absolute atomic E-state index is 8.87. The zero-order valence-electron chi connectivity index (χ0n) is 9.22. The van der Waals surface area contributed by atoms with Gasteiger partial charge in [-0.05, 0) is 12.1 Å². The molecule has 3 aromatic rings. The van der Waals surface area contributed by atoms with Gasteiger partial charge in [0.15, 0.2) is 5.76 Å². The number of aromatic nitrogens is 5. The SMILES string of the molecule is OCc1cn(Cc2nnc(-c3ccco3)o2)nn1. The minimum atomic E-state index is -0.151. The molecule has 0 saturated carbocycles. The van der Waals surface area contributed by atoms with Crippen LogP contribution < -0.4 is 0 Å². The Bertz CT molecular complexity index is 628. The minimum Gasteiger partial charge on any atom is -0.459 e. The Hall–Kier alpha value is -2.48. The summed E-state index contributed by atoms with van der Waals surface area (Å²) in [5, 5.41) is 24.2. The van der Waals surface area contributed by atoms with E-state index in [1.807, 2.05) is 0 Å². The van der Waals surface area contributed by atoms with Gasteiger partial charge in [0.05, 0.1) is 19.1 Å². The Balaban J connectivity index is 1.77. The molecule has 18 heavy (non-hydrogen) atoms. The quantitative estimate of drug-likeness (QED) is 0.714. The van der Waals surface area contributed by atoms with E-state index in [2.05, 4.69) is 20.5 Å². The molecule has 0 unspecified atom stereocenters. The molecular formula is C10H9N5O3. The maximum Gasteiger partial charge on any atom is 0.283 e. The Labute approximate surface area is 101 Å². The zero-order valence-corrected chi connectivity index (χ0v) is 9.22. The van der Waals surface area contributed by atoms with Crippen molar-refractivity contribution in [3.05, 3.63) is 36.2 Å². The van der Waals surface area contributed by atoms with Crippen LogP contribution in [-0.2, 0) is 13.2 Å². The van der Waals surface area contributed by atoms with Crippen LogP contribution in [0.5, 0.6) is 0 Å². The second-order valence-electron chi connectivity index (χ2n) is 3.54. The molecule has 0 radical (unpaired) electrons. The van der Waals surface area contributed by atoms with Crippen LogP contribution in [0.3, 0.4) is 0 Å². The van der Waals surface area contributed by atoms with Crippen molar-refractivity contribution >= 4 is 0 Å². The average molecular weight is 247 g/mol. The summed E-state index contributed by atoms with van der Waals surface area (Å²) in [7, 11) is 0. The van der Waals surface area contributed by atoms with Gasteiger partial charge in [0.1, 0.15) is 12.2 Å². The lowest BCUT2D eigenvalue weighted by Gasteiger charge is -1.92. The van der Waals surface area contributed by atoms with Crippen LogP contribution in [-0.4, -0.2) is 30.3 Å². The predicted molar refractivity (Wildman–Crippen MR) is 57.0 cm³/mol. The molecule has 0 aromatic carbocycles. The standard InChI is InChI=1S/C10H9N5O3/c16-6-7-4-15(14-11-7)5-9-12-13-10(18-9)8-2-1-3-17-8/h1-4,16H,5-6H2. The summed E-state index contributed by atoms with van der Waals surface area (Å²) in [5.41, 5.74) is 0.487. The third-order valence-corrected chi connectivity index (χ3v) is 2.24. The monoisotopic (exact) mass is 247 g/mol. The predicted octanol–water partition coefficient (Wildman–Crippen LogP) is 0.462.